The van der Waals surface area contributed by atoms with Crippen LogP contribution in [0, 0.1) is 0 Å². The molecule has 0 N–H and O–H groups in total. The van der Waals surface area contributed by atoms with Crippen molar-refractivity contribution in [2.24, 2.45) is 4.52 Å². The van der Waals surface area contributed by atoms with Crippen LogP contribution < -0.4 is 21.7 Å². The van der Waals surface area contributed by atoms with E-state index in [9.17, 15) is 0 Å². The topological polar surface area (TPSA) is 17.3 Å². The Hall–Kier alpha value is -2.34. The van der Waals surface area contributed by atoms with E-state index in [0.29, 0.717) is 6.21 Å². The zero-order chi connectivity index (χ0) is 24.8. The summed E-state index contributed by atoms with van der Waals surface area (Å²) in [5, 5.41) is 4.34. The van der Waals surface area contributed by atoms with E-state index in [2.05, 4.69) is 118 Å². The first-order valence-corrected chi connectivity index (χ1v) is 17.8. The van der Waals surface area contributed by atoms with E-state index in [4.69, 9.17) is 4.52 Å². The van der Waals surface area contributed by atoms with Crippen LogP contribution in [0.3, 0.4) is 0 Å². The average Bonchev–Trinajstić information content (AvgIpc) is 3.83. The number of nitrogens with zero attached hydrogens (tertiary/aromatic N) is 2. The van der Waals surface area contributed by atoms with Gasteiger partial charge >= 0.3 is 228 Å². The molecule has 11 heteroatoms. The summed E-state index contributed by atoms with van der Waals surface area (Å²) < 4.78 is 8.35. The SMILES string of the molecule is CC1(C)c2ccccc2B2c3c(cccc31)-n1c3ccccc3c3cc(P45(N=[P+]6B7[B-]B76)[B]B4[B-]5)cc2c31. The van der Waals surface area contributed by atoms with Crippen molar-refractivity contribution in [2.45, 2.75) is 19.3 Å². The van der Waals surface area contributed by atoms with Gasteiger partial charge in [-0.25, -0.2) is 0 Å². The fraction of sp³-hybridized carbons (Fsp3) is 0.111. The fourth-order valence-corrected chi connectivity index (χ4v) is 17.4. The third-order valence-electron chi connectivity index (χ3n) is 10.7. The summed E-state index contributed by atoms with van der Waals surface area (Å²) in [5.41, 5.74) is 11.5. The summed E-state index contributed by atoms with van der Waals surface area (Å²) in [7, 11) is 2.42. The second-order valence-electron chi connectivity index (χ2n) is 12.9. The third-order valence-corrected chi connectivity index (χ3v) is 19.1. The number of fused-ring (bicyclic) bond motifs is 9. The predicted octanol–water partition coefficient (Wildman–Crippen LogP) is 3.05. The molecule has 0 saturated carbocycles. The van der Waals surface area contributed by atoms with E-state index in [-0.39, 0.29) is 19.6 Å². The van der Waals surface area contributed by atoms with Crippen molar-refractivity contribution in [3.8, 4) is 5.69 Å². The van der Waals surface area contributed by atoms with Crippen LogP contribution in [0.4, 0.5) is 0 Å². The molecular formula is C27H19B7N2P2-. The molecule has 6 aliphatic rings. The summed E-state index contributed by atoms with van der Waals surface area (Å²) in [6.07, 6.45) is 0.108. The zero-order valence-corrected chi connectivity index (χ0v) is 23.1. The van der Waals surface area contributed by atoms with Crippen LogP contribution in [0.1, 0.15) is 25.0 Å². The van der Waals surface area contributed by atoms with Crippen LogP contribution in [0.2, 0.25) is 0 Å². The first-order valence-electron chi connectivity index (χ1n) is 13.9. The number of hydrogen-bond donors (Lipinski definition) is 0. The average molecular weight is 509 g/mol. The predicted molar refractivity (Wildman–Crippen MR) is 174 cm³/mol. The minimum atomic E-state index is -2.26. The monoisotopic (exact) mass is 510 g/mol. The maximum absolute atomic E-state index is 5.77. The molecule has 1 aromatic heterocycles. The Labute approximate surface area is 226 Å². The van der Waals surface area contributed by atoms with Gasteiger partial charge in [0.15, 0.2) is 0 Å². The van der Waals surface area contributed by atoms with Crippen LogP contribution in [-0.4, -0.2) is 50.8 Å². The van der Waals surface area contributed by atoms with E-state index in [1.54, 1.807) is 5.30 Å². The van der Waals surface area contributed by atoms with Crippen molar-refractivity contribution in [2.75, 3.05) is 0 Å². The number of hydrogen-bond acceptors (Lipinski definition) is 1. The Morgan fingerprint density at radius 2 is 1.66 bits per heavy atom. The Morgan fingerprint density at radius 1 is 0.895 bits per heavy atom. The van der Waals surface area contributed by atoms with Crippen LogP contribution in [0.5, 0.6) is 0 Å². The van der Waals surface area contributed by atoms with Crippen LogP contribution in [-0.2, 0) is 5.41 Å². The molecule has 11 rings (SSSR count). The molecule has 38 heavy (non-hydrogen) atoms. The Balaban J connectivity index is 1.32. The molecule has 5 radical (unpaired) electrons. The van der Waals surface area contributed by atoms with Gasteiger partial charge in [0, 0.05) is 0 Å². The van der Waals surface area contributed by atoms with Gasteiger partial charge in [0.05, 0.1) is 0 Å². The summed E-state index contributed by atoms with van der Waals surface area (Å²) in [5.74, 6) is 0. The third kappa shape index (κ3) is 2.07. The maximum atomic E-state index is 5.77. The Morgan fingerprint density at radius 3 is 2.45 bits per heavy atom. The van der Waals surface area contributed by atoms with Crippen molar-refractivity contribution in [3.63, 3.8) is 0 Å². The molecule has 0 spiro atoms. The molecule has 4 fully saturated rings. The zero-order valence-electron chi connectivity index (χ0n) is 21.3. The molecule has 4 aromatic carbocycles. The van der Waals surface area contributed by atoms with Gasteiger partial charge in [-0.3, -0.25) is 0 Å². The fourth-order valence-electron chi connectivity index (χ4n) is 8.29. The Kier molecular flexibility index (Phi) is 3.19. The molecule has 4 saturated heterocycles. The Bertz CT molecular complexity index is 2050. The summed E-state index contributed by atoms with van der Waals surface area (Å²) in [6.45, 7) is 10.4. The molecular weight excluding hydrogens is 490 g/mol. The molecule has 0 atom stereocenters. The summed E-state index contributed by atoms with van der Waals surface area (Å²) in [6, 6.07) is 30.6. The van der Waals surface area contributed by atoms with Crippen LogP contribution in [0.25, 0.3) is 27.5 Å². The minimum absolute atomic E-state index is 0.0369. The molecule has 7 heterocycles. The van der Waals surface area contributed by atoms with E-state index in [0.717, 1.165) is 12.4 Å². The van der Waals surface area contributed by atoms with E-state index >= 15 is 0 Å². The second-order valence-corrected chi connectivity index (χ2v) is 19.8. The van der Waals surface area contributed by atoms with Gasteiger partial charge in [0.2, 0.25) is 0 Å². The number of benzene rings is 4. The number of aromatic nitrogens is 1. The van der Waals surface area contributed by atoms with Crippen LogP contribution >= 0.6 is 13.9 Å². The van der Waals surface area contributed by atoms with Gasteiger partial charge in [-0.2, -0.15) is 0 Å². The van der Waals surface area contributed by atoms with Gasteiger partial charge in [0.25, 0.3) is 0 Å². The van der Waals surface area contributed by atoms with Crippen molar-refractivity contribution in [1.82, 2.24) is 4.57 Å². The van der Waals surface area contributed by atoms with Crippen LogP contribution in [0.15, 0.2) is 83.4 Å². The van der Waals surface area contributed by atoms with E-state index in [1.165, 1.54) is 55.0 Å². The van der Waals surface area contributed by atoms with Crippen molar-refractivity contribution < 1.29 is 0 Å². The molecule has 0 aliphatic carbocycles. The molecule has 169 valence electrons. The van der Waals surface area contributed by atoms with Gasteiger partial charge in [0.1, 0.15) is 0 Å². The number of para-hydroxylation sites is 1. The molecule has 2 nitrogen and oxygen atoms in total. The molecule has 0 unspecified atom stereocenters. The molecule has 0 bridgehead atoms. The van der Waals surface area contributed by atoms with Gasteiger partial charge in [-0.1, -0.05) is 0 Å². The summed E-state index contributed by atoms with van der Waals surface area (Å²) >= 11 is 0. The standard InChI is InChI=1S/C27H19B7N2P2/c1-27(2)19-9-4-5-11-21(19)31-22-15-16(38(29-32(38)30-38)35-37-33-28-34(33)37)14-18-17-8-3-6-12-23(17)36(26(18)22)24-13-7-10-20(27)25(24)31/h3-15H,1-2H3/q-1. The second kappa shape index (κ2) is 5.89. The van der Waals surface area contributed by atoms with E-state index < -0.39 is 6.39 Å². The normalized spacial score (nSPS) is 23.0. The van der Waals surface area contributed by atoms with E-state index in [1.807, 2.05) is 0 Å². The molecule has 6 aliphatic heterocycles. The van der Waals surface area contributed by atoms with Crippen molar-refractivity contribution in [1.29, 1.82) is 0 Å². The number of rotatable bonds is 2. The van der Waals surface area contributed by atoms with Gasteiger partial charge in [-0.05, 0) is 0 Å². The first-order chi connectivity index (χ1) is 18.5. The quantitative estimate of drug-likeness (QED) is 0.253. The molecule has 5 aromatic rings. The molecule has 0 amide bonds. The first kappa shape index (κ1) is 20.6. The summed E-state index contributed by atoms with van der Waals surface area (Å²) in [4.78, 5) is 0. The van der Waals surface area contributed by atoms with Gasteiger partial charge < -0.3 is 0 Å². The van der Waals surface area contributed by atoms with Crippen molar-refractivity contribution >= 4 is 104 Å². The van der Waals surface area contributed by atoms with Gasteiger partial charge in [-0.15, -0.1) is 0 Å². The van der Waals surface area contributed by atoms with Crippen molar-refractivity contribution in [3.05, 3.63) is 90.0 Å².